The maximum atomic E-state index is 11.4. The second-order valence-electron chi connectivity index (χ2n) is 10.8. The topological polar surface area (TPSA) is 41.8 Å². The maximum Gasteiger partial charge on any atom is 0.142 e. The molecule has 6 unspecified atom stereocenters. The third-order valence-corrected chi connectivity index (χ3v) is 9.76. The van der Waals surface area contributed by atoms with Crippen LogP contribution in [0.15, 0.2) is 57.7 Å². The van der Waals surface area contributed by atoms with Gasteiger partial charge in [0.15, 0.2) is 0 Å². The van der Waals surface area contributed by atoms with Crippen molar-refractivity contribution in [2.75, 3.05) is 0 Å². The van der Waals surface area contributed by atoms with Crippen molar-refractivity contribution in [2.45, 2.75) is 65.6 Å². The van der Waals surface area contributed by atoms with Crippen LogP contribution >= 0.6 is 15.9 Å². The molecule has 1 aromatic rings. The molecular weight excluding hydrogens is 450 g/mol. The van der Waals surface area contributed by atoms with Gasteiger partial charge in [-0.1, -0.05) is 65.6 Å². The van der Waals surface area contributed by atoms with Gasteiger partial charge in [0, 0.05) is 15.8 Å². The Bertz CT molecular complexity index is 952. The van der Waals surface area contributed by atoms with Crippen LogP contribution in [0.2, 0.25) is 0 Å². The number of aliphatic hydroxyl groups excluding tert-OH is 1. The van der Waals surface area contributed by atoms with E-state index in [-0.39, 0.29) is 11.5 Å². The molecule has 7 atom stereocenters. The lowest BCUT2D eigenvalue weighted by Gasteiger charge is -2.58. The SMILES string of the molecule is C[C@@H]1CCC2C3CCC4=C/C(=N/OCc5cccc(Br)c5)C=CC4(C)C3C(O)CC21C. The van der Waals surface area contributed by atoms with Crippen LogP contribution in [0.3, 0.4) is 0 Å². The fourth-order valence-corrected chi connectivity index (χ4v) is 7.90. The Kier molecular flexibility index (Phi) is 5.45. The van der Waals surface area contributed by atoms with Crippen molar-refractivity contribution < 1.29 is 9.94 Å². The molecule has 3 nitrogen and oxygen atoms in total. The molecule has 0 saturated heterocycles. The lowest BCUT2D eigenvalue weighted by molar-refractivity contribution is -0.113. The first-order valence-corrected chi connectivity index (χ1v) is 12.6. The summed E-state index contributed by atoms with van der Waals surface area (Å²) in [5, 5.41) is 15.8. The predicted molar refractivity (Wildman–Crippen MR) is 129 cm³/mol. The molecule has 0 heterocycles. The second-order valence-corrected chi connectivity index (χ2v) is 11.7. The minimum absolute atomic E-state index is 0.0706. The molecule has 0 aromatic heterocycles. The summed E-state index contributed by atoms with van der Waals surface area (Å²) in [6, 6.07) is 8.11. The molecule has 0 amide bonds. The first-order chi connectivity index (χ1) is 14.8. The summed E-state index contributed by atoms with van der Waals surface area (Å²) in [6.45, 7) is 7.65. The predicted octanol–water partition coefficient (Wildman–Crippen LogP) is 6.67. The lowest BCUT2D eigenvalue weighted by Crippen LogP contribution is -2.55. The van der Waals surface area contributed by atoms with Gasteiger partial charge in [-0.25, -0.2) is 0 Å². The summed E-state index contributed by atoms with van der Waals surface area (Å²) < 4.78 is 1.05. The van der Waals surface area contributed by atoms with Gasteiger partial charge >= 0.3 is 0 Å². The molecule has 0 bridgehead atoms. The lowest BCUT2D eigenvalue weighted by atomic mass is 9.47. The van der Waals surface area contributed by atoms with Crippen molar-refractivity contribution in [3.63, 3.8) is 0 Å². The zero-order valence-electron chi connectivity index (χ0n) is 18.9. The zero-order chi connectivity index (χ0) is 21.8. The minimum atomic E-state index is -0.226. The van der Waals surface area contributed by atoms with Gasteiger partial charge in [0.05, 0.1) is 6.10 Å². The molecule has 4 heteroatoms. The zero-order valence-corrected chi connectivity index (χ0v) is 20.4. The van der Waals surface area contributed by atoms with Crippen molar-refractivity contribution in [1.29, 1.82) is 0 Å². The van der Waals surface area contributed by atoms with Gasteiger partial charge in [0.2, 0.25) is 0 Å². The van der Waals surface area contributed by atoms with Crippen LogP contribution in [-0.2, 0) is 11.4 Å². The molecule has 0 radical (unpaired) electrons. The number of rotatable bonds is 3. The molecular formula is C27H34BrNO2. The highest BCUT2D eigenvalue weighted by molar-refractivity contribution is 9.10. The Hall–Kier alpha value is -1.39. The minimum Gasteiger partial charge on any atom is -0.393 e. The molecule has 3 saturated carbocycles. The Balaban J connectivity index is 1.34. The highest BCUT2D eigenvalue weighted by Crippen LogP contribution is 2.65. The summed E-state index contributed by atoms with van der Waals surface area (Å²) in [5.74, 6) is 2.42. The average molecular weight is 484 g/mol. The number of aliphatic hydroxyl groups is 1. The van der Waals surface area contributed by atoms with Crippen LogP contribution in [0.5, 0.6) is 0 Å². The van der Waals surface area contributed by atoms with Crippen LogP contribution in [-0.4, -0.2) is 16.9 Å². The fraction of sp³-hybridized carbons (Fsp3) is 0.593. The summed E-state index contributed by atoms with van der Waals surface area (Å²) in [7, 11) is 0. The average Bonchev–Trinajstić information content (AvgIpc) is 3.02. The quantitative estimate of drug-likeness (QED) is 0.487. The largest absolute Gasteiger partial charge is 0.393 e. The van der Waals surface area contributed by atoms with E-state index in [1.54, 1.807) is 0 Å². The van der Waals surface area contributed by atoms with Gasteiger partial charge in [-0.2, -0.15) is 0 Å². The van der Waals surface area contributed by atoms with E-state index in [0.29, 0.717) is 23.9 Å². The fourth-order valence-electron chi connectivity index (χ4n) is 7.45. The van der Waals surface area contributed by atoms with E-state index in [4.69, 9.17) is 4.84 Å². The molecule has 31 heavy (non-hydrogen) atoms. The number of oxime groups is 1. The van der Waals surface area contributed by atoms with Crippen LogP contribution < -0.4 is 0 Å². The Morgan fingerprint density at radius 1 is 1.23 bits per heavy atom. The molecule has 0 aliphatic heterocycles. The molecule has 4 aliphatic carbocycles. The number of halogens is 1. The van der Waals surface area contributed by atoms with Crippen molar-refractivity contribution in [2.24, 2.45) is 39.7 Å². The molecule has 3 fully saturated rings. The standard InChI is InChI=1S/C27H34BrNO2/c1-17-7-10-23-22-9-8-19-14-21(29-31-16-18-5-4-6-20(28)13-18)11-12-26(19,2)25(22)24(30)15-27(17,23)3/h4-6,11-14,17,22-25,30H,7-10,15-16H2,1-3H3/b29-21+/t17-,22?,23?,24?,25?,26?,27?/m1/s1. The molecule has 4 aliphatic rings. The number of nitrogens with zero attached hydrogens (tertiary/aromatic N) is 1. The maximum absolute atomic E-state index is 11.4. The Labute approximate surface area is 194 Å². The molecule has 1 N–H and O–H groups in total. The van der Waals surface area contributed by atoms with E-state index in [2.05, 4.69) is 66.2 Å². The number of fused-ring (bicyclic) bond motifs is 5. The van der Waals surface area contributed by atoms with E-state index in [1.165, 1.54) is 24.8 Å². The monoisotopic (exact) mass is 483 g/mol. The van der Waals surface area contributed by atoms with Crippen molar-refractivity contribution in [3.05, 3.63) is 58.1 Å². The van der Waals surface area contributed by atoms with E-state index < -0.39 is 0 Å². The summed E-state index contributed by atoms with van der Waals surface area (Å²) in [5.41, 5.74) is 3.62. The Morgan fingerprint density at radius 2 is 2.06 bits per heavy atom. The van der Waals surface area contributed by atoms with Crippen molar-refractivity contribution >= 4 is 21.6 Å². The third-order valence-electron chi connectivity index (χ3n) is 9.27. The number of allylic oxidation sites excluding steroid dienone is 4. The van der Waals surface area contributed by atoms with E-state index >= 15 is 0 Å². The highest BCUT2D eigenvalue weighted by atomic mass is 79.9. The molecule has 0 spiro atoms. The van der Waals surface area contributed by atoms with E-state index in [0.717, 1.165) is 40.4 Å². The third kappa shape index (κ3) is 3.54. The first-order valence-electron chi connectivity index (χ1n) is 11.8. The molecule has 5 rings (SSSR count). The smallest absolute Gasteiger partial charge is 0.142 e. The van der Waals surface area contributed by atoms with Crippen LogP contribution in [0.25, 0.3) is 0 Å². The summed E-state index contributed by atoms with van der Waals surface area (Å²) in [4.78, 5) is 5.66. The number of benzene rings is 1. The number of hydrogen-bond acceptors (Lipinski definition) is 3. The normalized spacial score (nSPS) is 42.5. The van der Waals surface area contributed by atoms with E-state index in [1.807, 2.05) is 18.2 Å². The van der Waals surface area contributed by atoms with Crippen LogP contribution in [0, 0.1) is 34.5 Å². The molecule has 1 aromatic carbocycles. The van der Waals surface area contributed by atoms with Crippen molar-refractivity contribution in [1.82, 2.24) is 0 Å². The molecule has 166 valence electrons. The van der Waals surface area contributed by atoms with Crippen LogP contribution in [0.4, 0.5) is 0 Å². The highest BCUT2D eigenvalue weighted by Gasteiger charge is 2.60. The van der Waals surface area contributed by atoms with Gasteiger partial charge < -0.3 is 9.94 Å². The van der Waals surface area contributed by atoms with Crippen molar-refractivity contribution in [3.8, 4) is 0 Å². The summed E-state index contributed by atoms with van der Waals surface area (Å²) in [6.07, 6.45) is 12.3. The second kappa shape index (κ2) is 7.88. The Morgan fingerprint density at radius 3 is 2.87 bits per heavy atom. The first kappa shape index (κ1) is 21.5. The van der Waals surface area contributed by atoms with Gasteiger partial charge in [0.25, 0.3) is 0 Å². The number of hydrogen-bond donors (Lipinski definition) is 1. The van der Waals surface area contributed by atoms with Gasteiger partial charge in [0.1, 0.15) is 12.3 Å². The van der Waals surface area contributed by atoms with E-state index in [9.17, 15) is 5.11 Å². The van der Waals surface area contributed by atoms with Crippen LogP contribution in [0.1, 0.15) is 58.4 Å². The van der Waals surface area contributed by atoms with Gasteiger partial charge in [-0.15, -0.1) is 0 Å². The summed E-state index contributed by atoms with van der Waals surface area (Å²) >= 11 is 3.50. The van der Waals surface area contributed by atoms with Gasteiger partial charge in [-0.05, 0) is 85.1 Å². The van der Waals surface area contributed by atoms with Gasteiger partial charge in [-0.3, -0.25) is 0 Å².